The molecule has 0 bridgehead atoms. The first-order valence-corrected chi connectivity index (χ1v) is 6.78. The van der Waals surface area contributed by atoms with Crippen LogP contribution >= 0.6 is 11.3 Å². The van der Waals surface area contributed by atoms with Gasteiger partial charge in [0, 0.05) is 4.88 Å². The van der Waals surface area contributed by atoms with E-state index < -0.39 is 5.82 Å². The Labute approximate surface area is 112 Å². The van der Waals surface area contributed by atoms with Gasteiger partial charge in [-0.1, -0.05) is 19.1 Å². The molecule has 0 aliphatic heterocycles. The predicted molar refractivity (Wildman–Crippen MR) is 75.0 cm³/mol. The molecule has 3 aromatic rings. The summed E-state index contributed by atoms with van der Waals surface area (Å²) in [6, 6.07) is 8.13. The number of nitrogens with zero attached hydrogens (tertiary/aromatic N) is 1. The maximum absolute atomic E-state index is 13.7. The summed E-state index contributed by atoms with van der Waals surface area (Å²) in [7, 11) is 0. The van der Waals surface area contributed by atoms with Gasteiger partial charge in [0.15, 0.2) is 0 Å². The van der Waals surface area contributed by atoms with Gasteiger partial charge in [-0.25, -0.2) is 9.37 Å². The number of hydrogen-bond donors (Lipinski definition) is 1. The number of aryl methyl sites for hydroxylation is 1. The van der Waals surface area contributed by atoms with Crippen molar-refractivity contribution in [3.05, 3.63) is 51.4 Å². The molecular formula is C14H11FN2OS. The molecule has 1 aromatic carbocycles. The highest BCUT2D eigenvalue weighted by molar-refractivity contribution is 7.18. The third-order valence-electron chi connectivity index (χ3n) is 2.93. The smallest absolute Gasteiger partial charge is 0.259 e. The lowest BCUT2D eigenvalue weighted by atomic mass is 10.2. The average molecular weight is 274 g/mol. The van der Waals surface area contributed by atoms with Crippen LogP contribution in [-0.2, 0) is 6.42 Å². The number of aromatic amines is 1. The molecule has 0 amide bonds. The normalized spacial score (nSPS) is 11.1. The van der Waals surface area contributed by atoms with Gasteiger partial charge >= 0.3 is 0 Å². The van der Waals surface area contributed by atoms with Crippen molar-refractivity contribution >= 4 is 21.6 Å². The number of nitrogens with one attached hydrogen (secondary N) is 1. The molecule has 0 unspecified atom stereocenters. The molecule has 96 valence electrons. The lowest BCUT2D eigenvalue weighted by Crippen LogP contribution is -2.08. The summed E-state index contributed by atoms with van der Waals surface area (Å²) in [6.45, 7) is 2.02. The van der Waals surface area contributed by atoms with Crippen LogP contribution in [0.15, 0.2) is 35.1 Å². The molecule has 2 heterocycles. The first-order chi connectivity index (χ1) is 9.19. The molecule has 0 aliphatic rings. The number of fused-ring (bicyclic) bond motifs is 1. The number of hydrogen-bond acceptors (Lipinski definition) is 3. The Morgan fingerprint density at radius 1 is 1.37 bits per heavy atom. The van der Waals surface area contributed by atoms with E-state index in [1.807, 2.05) is 13.0 Å². The standard InChI is InChI=1S/C14H11FN2OS/c1-2-8-7-10-13(18)16-12(17-14(10)19-8)9-5-3-4-6-11(9)15/h3-7H,2H2,1H3,(H,16,17,18). The van der Waals surface area contributed by atoms with Crippen LogP contribution in [0.4, 0.5) is 4.39 Å². The fourth-order valence-corrected chi connectivity index (χ4v) is 2.90. The van der Waals surface area contributed by atoms with Gasteiger partial charge in [0.2, 0.25) is 0 Å². The van der Waals surface area contributed by atoms with Gasteiger partial charge in [-0.15, -0.1) is 11.3 Å². The van der Waals surface area contributed by atoms with Crippen molar-refractivity contribution in [2.45, 2.75) is 13.3 Å². The molecular weight excluding hydrogens is 263 g/mol. The Morgan fingerprint density at radius 2 is 2.16 bits per heavy atom. The molecule has 0 radical (unpaired) electrons. The van der Waals surface area contributed by atoms with E-state index >= 15 is 0 Å². The van der Waals surface area contributed by atoms with Crippen molar-refractivity contribution in [2.24, 2.45) is 0 Å². The Kier molecular flexibility index (Phi) is 2.91. The van der Waals surface area contributed by atoms with Crippen molar-refractivity contribution in [3.8, 4) is 11.4 Å². The van der Waals surface area contributed by atoms with E-state index in [0.717, 1.165) is 11.3 Å². The van der Waals surface area contributed by atoms with Crippen LogP contribution < -0.4 is 5.56 Å². The lowest BCUT2D eigenvalue weighted by Gasteiger charge is -2.01. The highest BCUT2D eigenvalue weighted by atomic mass is 32.1. The van der Waals surface area contributed by atoms with E-state index in [4.69, 9.17) is 0 Å². The second kappa shape index (κ2) is 4.59. The second-order valence-electron chi connectivity index (χ2n) is 4.18. The first-order valence-electron chi connectivity index (χ1n) is 5.96. The minimum Gasteiger partial charge on any atom is -0.306 e. The number of halogens is 1. The zero-order valence-electron chi connectivity index (χ0n) is 10.2. The summed E-state index contributed by atoms with van der Waals surface area (Å²) in [4.78, 5) is 20.8. The van der Waals surface area contributed by atoms with Crippen molar-refractivity contribution in [1.29, 1.82) is 0 Å². The summed E-state index contributed by atoms with van der Waals surface area (Å²) in [5.74, 6) is -0.114. The van der Waals surface area contributed by atoms with Crippen molar-refractivity contribution in [1.82, 2.24) is 9.97 Å². The summed E-state index contributed by atoms with van der Waals surface area (Å²) in [5.41, 5.74) is 0.0900. The molecule has 0 atom stereocenters. The highest BCUT2D eigenvalue weighted by Gasteiger charge is 2.11. The maximum Gasteiger partial charge on any atom is 0.259 e. The zero-order valence-corrected chi connectivity index (χ0v) is 11.1. The number of aromatic nitrogens is 2. The summed E-state index contributed by atoms with van der Waals surface area (Å²) in [5, 5.41) is 0.571. The largest absolute Gasteiger partial charge is 0.306 e. The predicted octanol–water partition coefficient (Wildman–Crippen LogP) is 3.35. The summed E-state index contributed by atoms with van der Waals surface area (Å²) in [6.07, 6.45) is 0.857. The quantitative estimate of drug-likeness (QED) is 0.779. The van der Waals surface area contributed by atoms with Gasteiger partial charge in [0.1, 0.15) is 16.5 Å². The summed E-state index contributed by atoms with van der Waals surface area (Å²) >= 11 is 1.47. The molecule has 0 spiro atoms. The molecule has 3 nitrogen and oxygen atoms in total. The molecule has 3 rings (SSSR count). The van der Waals surface area contributed by atoms with Crippen LogP contribution in [0, 0.1) is 5.82 Å². The minimum atomic E-state index is -0.391. The van der Waals surface area contributed by atoms with Gasteiger partial charge < -0.3 is 4.98 Å². The van der Waals surface area contributed by atoms with E-state index in [-0.39, 0.29) is 11.4 Å². The van der Waals surface area contributed by atoms with Crippen LogP contribution in [0.25, 0.3) is 21.6 Å². The molecule has 1 N–H and O–H groups in total. The molecule has 19 heavy (non-hydrogen) atoms. The van der Waals surface area contributed by atoms with Gasteiger partial charge in [-0.3, -0.25) is 4.79 Å². The number of thiophene rings is 1. The SMILES string of the molecule is CCc1cc2c(=O)[nH]c(-c3ccccc3F)nc2s1. The van der Waals surface area contributed by atoms with E-state index in [1.54, 1.807) is 18.2 Å². The molecule has 0 saturated carbocycles. The Bertz CT molecular complexity index is 807. The van der Waals surface area contributed by atoms with Crippen molar-refractivity contribution < 1.29 is 4.39 Å². The topological polar surface area (TPSA) is 45.8 Å². The highest BCUT2D eigenvalue weighted by Crippen LogP contribution is 2.24. The van der Waals surface area contributed by atoms with Gasteiger partial charge in [0.25, 0.3) is 5.56 Å². The molecule has 2 aromatic heterocycles. The molecule has 0 fully saturated rings. The fourth-order valence-electron chi connectivity index (χ4n) is 1.94. The molecule has 0 aliphatic carbocycles. The number of benzene rings is 1. The van der Waals surface area contributed by atoms with Crippen LogP contribution in [-0.4, -0.2) is 9.97 Å². The van der Waals surface area contributed by atoms with E-state index in [0.29, 0.717) is 15.8 Å². The monoisotopic (exact) mass is 274 g/mol. The Morgan fingerprint density at radius 3 is 2.89 bits per heavy atom. The van der Waals surface area contributed by atoms with Crippen LogP contribution in [0.3, 0.4) is 0 Å². The van der Waals surface area contributed by atoms with Crippen LogP contribution in [0.2, 0.25) is 0 Å². The Hall–Kier alpha value is -2.01. The van der Waals surface area contributed by atoms with Crippen LogP contribution in [0.1, 0.15) is 11.8 Å². The lowest BCUT2D eigenvalue weighted by molar-refractivity contribution is 0.630. The number of rotatable bonds is 2. The molecule has 0 saturated heterocycles. The zero-order chi connectivity index (χ0) is 13.4. The third kappa shape index (κ3) is 2.06. The maximum atomic E-state index is 13.7. The van der Waals surface area contributed by atoms with E-state index in [1.165, 1.54) is 17.4 Å². The van der Waals surface area contributed by atoms with Crippen LogP contribution in [0.5, 0.6) is 0 Å². The Balaban J connectivity index is 2.26. The van der Waals surface area contributed by atoms with Crippen molar-refractivity contribution in [2.75, 3.05) is 0 Å². The van der Waals surface area contributed by atoms with Gasteiger partial charge in [-0.2, -0.15) is 0 Å². The van der Waals surface area contributed by atoms with Gasteiger partial charge in [0.05, 0.1) is 10.9 Å². The fraction of sp³-hybridized carbons (Fsp3) is 0.143. The van der Waals surface area contributed by atoms with E-state index in [9.17, 15) is 9.18 Å². The first kappa shape index (κ1) is 12.0. The van der Waals surface area contributed by atoms with Gasteiger partial charge in [-0.05, 0) is 24.6 Å². The summed E-state index contributed by atoms with van der Waals surface area (Å²) < 4.78 is 13.7. The third-order valence-corrected chi connectivity index (χ3v) is 4.10. The minimum absolute atomic E-state index is 0.223. The number of H-pyrrole nitrogens is 1. The average Bonchev–Trinajstić information content (AvgIpc) is 2.83. The second-order valence-corrected chi connectivity index (χ2v) is 5.29. The van der Waals surface area contributed by atoms with E-state index in [2.05, 4.69) is 9.97 Å². The van der Waals surface area contributed by atoms with Crippen molar-refractivity contribution in [3.63, 3.8) is 0 Å². The molecule has 5 heteroatoms.